The summed E-state index contributed by atoms with van der Waals surface area (Å²) in [7, 11) is 0. The van der Waals surface area contributed by atoms with Gasteiger partial charge < -0.3 is 8.98 Å². The third-order valence-corrected chi connectivity index (χ3v) is 8.82. The van der Waals surface area contributed by atoms with Crippen LogP contribution in [0.5, 0.6) is 0 Å². The van der Waals surface area contributed by atoms with E-state index in [1.165, 1.54) is 55.2 Å². The van der Waals surface area contributed by atoms with E-state index in [2.05, 4.69) is 175 Å². The summed E-state index contributed by atoms with van der Waals surface area (Å²) in [6.07, 6.45) is 1.75. The third-order valence-electron chi connectivity index (χ3n) is 8.82. The van der Waals surface area contributed by atoms with Gasteiger partial charge in [0.2, 0.25) is 0 Å². The van der Waals surface area contributed by atoms with Crippen molar-refractivity contribution in [3.05, 3.63) is 176 Å². The molecule has 0 fully saturated rings. The number of nitrogens with zero attached hydrogens (tertiary/aromatic N) is 1. The highest BCUT2D eigenvalue weighted by molar-refractivity contribution is 7.59. The van der Waals surface area contributed by atoms with Gasteiger partial charge in [0.15, 0.2) is 5.58 Å². The van der Waals surface area contributed by atoms with Gasteiger partial charge in [0.25, 0.3) is 0 Å². The van der Waals surface area contributed by atoms with E-state index in [1.54, 1.807) is 6.08 Å². The zero-order valence-electron chi connectivity index (χ0n) is 26.7. The summed E-state index contributed by atoms with van der Waals surface area (Å²) in [5.74, 6) is 0. The Balaban J connectivity index is 0.000000880. The molecule has 0 radical (unpaired) electrons. The van der Waals surface area contributed by atoms with Gasteiger partial charge in [-0.05, 0) is 76.7 Å². The van der Waals surface area contributed by atoms with Crippen molar-refractivity contribution >= 4 is 57.2 Å². The highest BCUT2D eigenvalue weighted by Gasteiger charge is 2.17. The number of allylic oxidation sites excluding steroid dienone is 1. The molecule has 0 saturated carbocycles. The second kappa shape index (κ2) is 13.2. The van der Waals surface area contributed by atoms with Crippen LogP contribution in [0.4, 0.5) is 0 Å². The van der Waals surface area contributed by atoms with E-state index in [4.69, 9.17) is 4.42 Å². The number of fused-ring (bicyclic) bond motifs is 6. The molecule has 2 heterocycles. The summed E-state index contributed by atoms with van der Waals surface area (Å²) in [6, 6.07) is 58.4. The number of hydrogen-bond acceptors (Lipinski definition) is 1. The predicted molar refractivity (Wildman–Crippen MR) is 211 cm³/mol. The van der Waals surface area contributed by atoms with E-state index in [0.717, 1.165) is 27.6 Å². The molecule has 9 rings (SSSR count). The standard InChI is InChI=1S/C42H27NO.C3H6.H2S/c1-2-10-28(11-3-1)29-20-22-30(23-21-29)31-12-8-13-32(26-31)33-24-25-41-37(27-33)36-16-9-19-40(42(36)44-41)43-38-17-6-4-14-34(38)35-15-5-7-18-39(35)43;1-3-2;/h1-27H;3H,1H2,2H3;1H2. The van der Waals surface area contributed by atoms with Crippen LogP contribution in [0, 0.1) is 0 Å². The fourth-order valence-electron chi connectivity index (χ4n) is 6.69. The topological polar surface area (TPSA) is 18.1 Å². The summed E-state index contributed by atoms with van der Waals surface area (Å²) in [5, 5.41) is 4.73. The monoisotopic (exact) mass is 637 g/mol. The van der Waals surface area contributed by atoms with Crippen molar-refractivity contribution < 1.29 is 4.42 Å². The van der Waals surface area contributed by atoms with Crippen LogP contribution in [0.15, 0.2) is 181 Å². The molecule has 0 saturated heterocycles. The minimum Gasteiger partial charge on any atom is -0.454 e. The number of rotatable bonds is 4. The SMILES string of the molecule is C=CC.S.c1ccc(-c2ccc(-c3cccc(-c4ccc5oc6c(-n7c8ccccc8c8ccccc87)cccc6c5c4)c3)cc2)cc1. The Bertz CT molecular complexity index is 2480. The Morgan fingerprint density at radius 3 is 1.58 bits per heavy atom. The van der Waals surface area contributed by atoms with E-state index in [9.17, 15) is 0 Å². The van der Waals surface area contributed by atoms with Gasteiger partial charge >= 0.3 is 0 Å². The Labute approximate surface area is 287 Å². The van der Waals surface area contributed by atoms with Crippen LogP contribution in [0.25, 0.3) is 82.8 Å². The summed E-state index contributed by atoms with van der Waals surface area (Å²) >= 11 is 0. The lowest BCUT2D eigenvalue weighted by Crippen LogP contribution is -1.93. The number of aromatic nitrogens is 1. The van der Waals surface area contributed by atoms with Gasteiger partial charge in [0.05, 0.1) is 16.7 Å². The summed E-state index contributed by atoms with van der Waals surface area (Å²) in [4.78, 5) is 0. The maximum Gasteiger partial charge on any atom is 0.159 e. The summed E-state index contributed by atoms with van der Waals surface area (Å²) in [5.41, 5.74) is 12.4. The molecule has 0 aliphatic carbocycles. The number of furan rings is 1. The van der Waals surface area contributed by atoms with Crippen LogP contribution >= 0.6 is 13.5 Å². The van der Waals surface area contributed by atoms with Crippen LogP contribution in [0.1, 0.15) is 6.92 Å². The average Bonchev–Trinajstić information content (AvgIpc) is 3.68. The maximum atomic E-state index is 6.62. The molecule has 0 spiro atoms. The Morgan fingerprint density at radius 2 is 0.917 bits per heavy atom. The fourth-order valence-corrected chi connectivity index (χ4v) is 6.69. The summed E-state index contributed by atoms with van der Waals surface area (Å²) in [6.45, 7) is 5.25. The molecule has 2 nitrogen and oxygen atoms in total. The molecule has 232 valence electrons. The van der Waals surface area contributed by atoms with Crippen LogP contribution in [-0.2, 0) is 0 Å². The van der Waals surface area contributed by atoms with Gasteiger partial charge in [0.1, 0.15) is 5.58 Å². The first-order chi connectivity index (χ1) is 23.2. The van der Waals surface area contributed by atoms with E-state index in [1.807, 2.05) is 6.92 Å². The first-order valence-electron chi connectivity index (χ1n) is 16.0. The lowest BCUT2D eigenvalue weighted by atomic mass is 9.96. The van der Waals surface area contributed by atoms with Gasteiger partial charge in [-0.25, -0.2) is 0 Å². The second-order valence-corrected chi connectivity index (χ2v) is 11.8. The number of hydrogen-bond donors (Lipinski definition) is 0. The quantitative estimate of drug-likeness (QED) is 0.176. The largest absolute Gasteiger partial charge is 0.454 e. The van der Waals surface area contributed by atoms with Crippen molar-refractivity contribution in [1.82, 2.24) is 4.57 Å². The van der Waals surface area contributed by atoms with Gasteiger partial charge in [-0.1, -0.05) is 133 Å². The zero-order chi connectivity index (χ0) is 31.7. The molecule has 0 bridgehead atoms. The maximum absolute atomic E-state index is 6.62. The molecular weight excluding hydrogens is 603 g/mol. The first-order valence-corrected chi connectivity index (χ1v) is 16.0. The zero-order valence-corrected chi connectivity index (χ0v) is 27.7. The van der Waals surface area contributed by atoms with Crippen molar-refractivity contribution in [2.45, 2.75) is 6.92 Å². The van der Waals surface area contributed by atoms with Crippen molar-refractivity contribution in [1.29, 1.82) is 0 Å². The molecule has 2 aromatic heterocycles. The van der Waals surface area contributed by atoms with Crippen molar-refractivity contribution in [3.63, 3.8) is 0 Å². The van der Waals surface area contributed by atoms with Gasteiger partial charge in [-0.3, -0.25) is 0 Å². The van der Waals surface area contributed by atoms with Gasteiger partial charge in [-0.15, -0.1) is 6.58 Å². The van der Waals surface area contributed by atoms with E-state index < -0.39 is 0 Å². The molecule has 48 heavy (non-hydrogen) atoms. The van der Waals surface area contributed by atoms with Gasteiger partial charge in [-0.2, -0.15) is 13.5 Å². The molecule has 9 aromatic rings. The Morgan fingerprint density at radius 1 is 0.458 bits per heavy atom. The van der Waals surface area contributed by atoms with Crippen molar-refractivity contribution in [2.24, 2.45) is 0 Å². The minimum atomic E-state index is 0. The number of para-hydroxylation sites is 3. The molecule has 0 amide bonds. The van der Waals surface area contributed by atoms with Crippen LogP contribution < -0.4 is 0 Å². The molecule has 0 aliphatic heterocycles. The molecule has 0 atom stereocenters. The van der Waals surface area contributed by atoms with Gasteiger partial charge in [0, 0.05) is 21.5 Å². The predicted octanol–water partition coefficient (Wildman–Crippen LogP) is 13.0. The molecule has 0 aliphatic rings. The summed E-state index contributed by atoms with van der Waals surface area (Å²) < 4.78 is 8.95. The van der Waals surface area contributed by atoms with Crippen molar-refractivity contribution in [2.75, 3.05) is 0 Å². The molecule has 0 N–H and O–H groups in total. The highest BCUT2D eigenvalue weighted by Crippen LogP contribution is 2.39. The highest BCUT2D eigenvalue weighted by atomic mass is 32.1. The minimum absolute atomic E-state index is 0. The normalized spacial score (nSPS) is 10.9. The van der Waals surface area contributed by atoms with E-state index >= 15 is 0 Å². The lowest BCUT2D eigenvalue weighted by Gasteiger charge is -2.08. The van der Waals surface area contributed by atoms with E-state index in [0.29, 0.717) is 0 Å². The second-order valence-electron chi connectivity index (χ2n) is 11.8. The lowest BCUT2D eigenvalue weighted by molar-refractivity contribution is 0.666. The average molecular weight is 638 g/mol. The van der Waals surface area contributed by atoms with Crippen LogP contribution in [-0.4, -0.2) is 4.57 Å². The smallest absolute Gasteiger partial charge is 0.159 e. The Kier molecular flexibility index (Phi) is 8.46. The first kappa shape index (κ1) is 30.9. The van der Waals surface area contributed by atoms with Crippen LogP contribution in [0.2, 0.25) is 0 Å². The van der Waals surface area contributed by atoms with E-state index in [-0.39, 0.29) is 13.5 Å². The third kappa shape index (κ3) is 5.38. The molecular formula is C45H35NOS. The molecule has 3 heteroatoms. The van der Waals surface area contributed by atoms with Crippen molar-refractivity contribution in [3.8, 4) is 39.1 Å². The molecule has 0 unspecified atom stereocenters. The van der Waals surface area contributed by atoms with Crippen LogP contribution in [0.3, 0.4) is 0 Å². The number of benzene rings is 7. The Hall–Kier alpha value is -5.77. The fraction of sp³-hybridized carbons (Fsp3) is 0.0222. The molecule has 7 aromatic carbocycles.